The maximum atomic E-state index is 12.7. The second-order valence-corrected chi connectivity index (χ2v) is 13.0. The fraction of sp³-hybridized carbons (Fsp3) is 0.359. The molecule has 1 fully saturated rings. The van der Waals surface area contributed by atoms with Crippen LogP contribution in [0, 0.1) is 0 Å². The van der Waals surface area contributed by atoms with Gasteiger partial charge in [0.25, 0.3) is 11.8 Å². The van der Waals surface area contributed by atoms with Crippen LogP contribution in [0.25, 0.3) is 0 Å². The minimum absolute atomic E-state index is 0.103. The molecule has 8 heteroatoms. The number of halogens is 1. The molecule has 7 nitrogen and oxygen atoms in total. The molecule has 0 unspecified atom stereocenters. The van der Waals surface area contributed by atoms with Gasteiger partial charge in [0, 0.05) is 40.8 Å². The molecule has 2 heterocycles. The normalized spacial score (nSPS) is 15.1. The molecular formula is C39H43ClN4O3. The number of aromatic nitrogens is 1. The molecule has 3 aromatic carbocycles. The van der Waals surface area contributed by atoms with Crippen LogP contribution in [0.2, 0.25) is 5.02 Å². The number of nitrogens with one attached hydrogen (secondary N) is 2. The van der Waals surface area contributed by atoms with Gasteiger partial charge in [-0.25, -0.2) is 0 Å². The number of aryl methyl sites for hydroxylation is 1. The van der Waals surface area contributed by atoms with E-state index >= 15 is 0 Å². The molecule has 2 amide bonds. The second-order valence-electron chi connectivity index (χ2n) is 12.6. The van der Waals surface area contributed by atoms with Crippen LogP contribution in [0.15, 0.2) is 85.2 Å². The molecule has 2 N–H and O–H groups in total. The Hall–Kier alpha value is -4.20. The Kier molecular flexibility index (Phi) is 11.2. The van der Waals surface area contributed by atoms with Gasteiger partial charge in [-0.3, -0.25) is 14.6 Å². The number of rotatable bonds is 12. The van der Waals surface area contributed by atoms with Gasteiger partial charge >= 0.3 is 0 Å². The van der Waals surface area contributed by atoms with Crippen molar-refractivity contribution in [2.24, 2.45) is 0 Å². The molecular weight excluding hydrogens is 608 g/mol. The summed E-state index contributed by atoms with van der Waals surface area (Å²) < 4.78 is 6.59. The highest BCUT2D eigenvalue weighted by atomic mass is 35.5. The number of benzene rings is 3. The van der Waals surface area contributed by atoms with E-state index in [0.717, 1.165) is 69.5 Å². The number of likely N-dealkylation sites (tertiary alicyclic amines) is 1. The van der Waals surface area contributed by atoms with Gasteiger partial charge < -0.3 is 20.3 Å². The van der Waals surface area contributed by atoms with Crippen molar-refractivity contribution in [2.45, 2.75) is 63.9 Å². The van der Waals surface area contributed by atoms with Gasteiger partial charge in [-0.1, -0.05) is 23.7 Å². The van der Waals surface area contributed by atoms with Gasteiger partial charge in [0.2, 0.25) is 0 Å². The second kappa shape index (κ2) is 16.1. The molecule has 1 aliphatic heterocycles. The number of fused-ring (bicyclic) bond motifs is 1. The lowest BCUT2D eigenvalue weighted by atomic mass is 9.83. The number of pyridine rings is 1. The Morgan fingerprint density at radius 3 is 2.30 bits per heavy atom. The van der Waals surface area contributed by atoms with Crippen molar-refractivity contribution in [3.05, 3.63) is 124 Å². The van der Waals surface area contributed by atoms with Crippen molar-refractivity contribution >= 4 is 29.1 Å². The first-order valence-corrected chi connectivity index (χ1v) is 17.2. The number of piperidine rings is 1. The summed E-state index contributed by atoms with van der Waals surface area (Å²) in [7, 11) is 0. The zero-order chi connectivity index (χ0) is 32.4. The Balaban J connectivity index is 0.924. The summed E-state index contributed by atoms with van der Waals surface area (Å²) in [5.74, 6) is 1.33. The monoisotopic (exact) mass is 650 g/mol. The molecule has 1 aromatic heterocycles. The van der Waals surface area contributed by atoms with Gasteiger partial charge in [-0.15, -0.1) is 0 Å². The fourth-order valence-electron chi connectivity index (χ4n) is 6.68. The standard InChI is InChI=1S/C39H43ClN4O3/c40-33-12-7-32(8-13-33)39(46)43-34-14-9-31(10-15-34)38(45)42-21-3-4-24-44-25-19-30(20-26-44)36-16-11-29-5-1-2-6-35(29)37(36)47-27-28-17-22-41-23-18-28/h7-18,22-23,30H,1-6,19-21,24-27H2,(H,42,45)(H,43,46). The van der Waals surface area contributed by atoms with Crippen LogP contribution in [-0.4, -0.2) is 47.9 Å². The van der Waals surface area contributed by atoms with Gasteiger partial charge in [0.1, 0.15) is 12.4 Å². The summed E-state index contributed by atoms with van der Waals surface area (Å²) in [5.41, 5.74) is 7.16. The van der Waals surface area contributed by atoms with E-state index in [9.17, 15) is 9.59 Å². The Labute approximate surface area is 282 Å². The minimum atomic E-state index is -0.225. The van der Waals surface area contributed by atoms with Crippen molar-refractivity contribution in [1.82, 2.24) is 15.2 Å². The molecule has 0 atom stereocenters. The lowest BCUT2D eigenvalue weighted by Gasteiger charge is -2.34. The number of nitrogens with zero attached hydrogens (tertiary/aromatic N) is 2. The Morgan fingerprint density at radius 2 is 1.53 bits per heavy atom. The molecule has 2 aliphatic rings. The van der Waals surface area contributed by atoms with Crippen LogP contribution in [0.3, 0.4) is 0 Å². The van der Waals surface area contributed by atoms with Gasteiger partial charge in [0.05, 0.1) is 0 Å². The predicted molar refractivity (Wildman–Crippen MR) is 187 cm³/mol. The van der Waals surface area contributed by atoms with Gasteiger partial charge in [0.15, 0.2) is 0 Å². The predicted octanol–water partition coefficient (Wildman–Crippen LogP) is 7.83. The molecule has 0 saturated carbocycles. The van der Waals surface area contributed by atoms with E-state index in [1.54, 1.807) is 48.5 Å². The summed E-state index contributed by atoms with van der Waals surface area (Å²) in [6.45, 7) is 4.42. The first kappa shape index (κ1) is 32.7. The fourth-order valence-corrected chi connectivity index (χ4v) is 6.81. The zero-order valence-electron chi connectivity index (χ0n) is 26.8. The third kappa shape index (κ3) is 8.79. The van der Waals surface area contributed by atoms with E-state index in [0.29, 0.717) is 40.9 Å². The molecule has 0 radical (unpaired) electrons. The topological polar surface area (TPSA) is 83.6 Å². The van der Waals surface area contributed by atoms with E-state index in [1.807, 2.05) is 24.5 Å². The molecule has 4 aromatic rings. The summed E-state index contributed by atoms with van der Waals surface area (Å²) in [4.78, 5) is 31.8. The van der Waals surface area contributed by atoms with Crippen LogP contribution < -0.4 is 15.4 Å². The highest BCUT2D eigenvalue weighted by Crippen LogP contribution is 2.40. The van der Waals surface area contributed by atoms with Crippen LogP contribution in [0.5, 0.6) is 5.75 Å². The molecule has 1 aliphatic carbocycles. The summed E-state index contributed by atoms with van der Waals surface area (Å²) >= 11 is 5.90. The third-order valence-corrected chi connectivity index (χ3v) is 9.62. The number of amides is 2. The molecule has 47 heavy (non-hydrogen) atoms. The van der Waals surface area contributed by atoms with Crippen LogP contribution in [0.1, 0.15) is 87.4 Å². The SMILES string of the molecule is O=C(NCCCCN1CCC(c2ccc3c(c2OCc2ccncc2)CCCC3)CC1)c1ccc(NC(=O)c2ccc(Cl)cc2)cc1. The highest BCUT2D eigenvalue weighted by Gasteiger charge is 2.26. The van der Waals surface area contributed by atoms with E-state index in [1.165, 1.54) is 29.5 Å². The number of carbonyl (C=O) groups is 2. The van der Waals surface area contributed by atoms with E-state index in [-0.39, 0.29) is 11.8 Å². The molecule has 0 spiro atoms. The van der Waals surface area contributed by atoms with Crippen LogP contribution >= 0.6 is 11.6 Å². The van der Waals surface area contributed by atoms with E-state index in [4.69, 9.17) is 16.3 Å². The van der Waals surface area contributed by atoms with Crippen molar-refractivity contribution < 1.29 is 14.3 Å². The third-order valence-electron chi connectivity index (χ3n) is 9.37. The minimum Gasteiger partial charge on any atom is -0.488 e. The maximum Gasteiger partial charge on any atom is 0.255 e. The maximum absolute atomic E-state index is 12.7. The van der Waals surface area contributed by atoms with Crippen molar-refractivity contribution in [2.75, 3.05) is 31.5 Å². The lowest BCUT2D eigenvalue weighted by Crippen LogP contribution is -2.34. The Morgan fingerprint density at radius 1 is 0.830 bits per heavy atom. The smallest absolute Gasteiger partial charge is 0.255 e. The number of hydrogen-bond acceptors (Lipinski definition) is 5. The van der Waals surface area contributed by atoms with Crippen molar-refractivity contribution in [3.63, 3.8) is 0 Å². The number of unbranched alkanes of at least 4 members (excludes halogenated alkanes) is 1. The van der Waals surface area contributed by atoms with Crippen LogP contribution in [0.4, 0.5) is 5.69 Å². The van der Waals surface area contributed by atoms with Gasteiger partial charge in [-0.05, 0) is 160 Å². The molecule has 244 valence electrons. The average molecular weight is 651 g/mol. The quantitative estimate of drug-likeness (QED) is 0.153. The summed E-state index contributed by atoms with van der Waals surface area (Å²) in [5, 5.41) is 6.46. The first-order chi connectivity index (χ1) is 23.0. The summed E-state index contributed by atoms with van der Waals surface area (Å²) in [6, 6.07) is 22.4. The molecule has 6 rings (SSSR count). The van der Waals surface area contributed by atoms with E-state index in [2.05, 4.69) is 32.7 Å². The summed E-state index contributed by atoms with van der Waals surface area (Å²) in [6.07, 6.45) is 12.7. The van der Waals surface area contributed by atoms with Crippen molar-refractivity contribution in [3.8, 4) is 5.75 Å². The number of ether oxygens (including phenoxy) is 1. The largest absolute Gasteiger partial charge is 0.488 e. The van der Waals surface area contributed by atoms with Crippen molar-refractivity contribution in [1.29, 1.82) is 0 Å². The van der Waals surface area contributed by atoms with Crippen LogP contribution in [-0.2, 0) is 19.4 Å². The zero-order valence-corrected chi connectivity index (χ0v) is 27.6. The van der Waals surface area contributed by atoms with Gasteiger partial charge in [-0.2, -0.15) is 0 Å². The highest BCUT2D eigenvalue weighted by molar-refractivity contribution is 6.30. The molecule has 0 bridgehead atoms. The Bertz CT molecular complexity index is 1640. The molecule has 1 saturated heterocycles. The lowest BCUT2D eigenvalue weighted by molar-refractivity contribution is 0.0951. The number of hydrogen-bond donors (Lipinski definition) is 2. The average Bonchev–Trinajstić information content (AvgIpc) is 3.11. The number of anilines is 1. The van der Waals surface area contributed by atoms with E-state index < -0.39 is 0 Å². The number of carbonyl (C=O) groups excluding carboxylic acids is 2. The first-order valence-electron chi connectivity index (χ1n) is 16.9.